The number of hydrogen-bond acceptors (Lipinski definition) is 0. The van der Waals surface area contributed by atoms with Gasteiger partial charge in [-0.05, 0) is 53.5 Å². The lowest BCUT2D eigenvalue weighted by Gasteiger charge is -2.20. The molecule has 0 bridgehead atoms. The number of halogens is 1. The Morgan fingerprint density at radius 2 is 1.38 bits per heavy atom. The molecule has 1 heteroatoms. The van der Waals surface area contributed by atoms with Gasteiger partial charge in [0.2, 0.25) is 0 Å². The van der Waals surface area contributed by atoms with Gasteiger partial charge in [0, 0.05) is 4.83 Å². The lowest BCUT2D eigenvalue weighted by atomic mass is 9.90. The Morgan fingerprint density at radius 3 is 1.86 bits per heavy atom. The molecule has 0 radical (unpaired) electrons. The van der Waals surface area contributed by atoms with Gasteiger partial charge in [-0.1, -0.05) is 79.2 Å². The topological polar surface area (TPSA) is 0 Å². The van der Waals surface area contributed by atoms with E-state index in [-0.39, 0.29) is 0 Å². The highest BCUT2D eigenvalue weighted by molar-refractivity contribution is 9.09. The van der Waals surface area contributed by atoms with Gasteiger partial charge >= 0.3 is 0 Å². The Balaban J connectivity index is 2.36. The second kappa shape index (κ2) is 7.79. The molecule has 0 aromatic heterocycles. The molecule has 0 aliphatic carbocycles. The Labute approximate surface area is 137 Å². The van der Waals surface area contributed by atoms with E-state index in [0.717, 1.165) is 25.7 Å². The minimum absolute atomic E-state index is 0.399. The summed E-state index contributed by atoms with van der Waals surface area (Å²) in [6.07, 6.45) is 4.37. The average Bonchev–Trinajstić information content (AvgIpc) is 2.54. The summed E-state index contributed by atoms with van der Waals surface area (Å²) < 4.78 is 0. The van der Waals surface area contributed by atoms with Crippen LogP contribution in [0.15, 0.2) is 42.5 Å². The van der Waals surface area contributed by atoms with Crippen LogP contribution in [0.3, 0.4) is 0 Å². The molecule has 0 saturated heterocycles. The standard InChI is InChI=1S/C20H25Br/c1-4-15-12-17(5-2)20(18(6-3)13-15)19(21)14-16-10-8-7-9-11-16/h7-13,19H,4-6,14H2,1-3H3. The molecule has 1 atom stereocenters. The van der Waals surface area contributed by atoms with Crippen LogP contribution in [0, 0.1) is 0 Å². The van der Waals surface area contributed by atoms with Crippen molar-refractivity contribution in [3.05, 3.63) is 70.3 Å². The van der Waals surface area contributed by atoms with Crippen molar-refractivity contribution in [3.8, 4) is 0 Å². The first-order chi connectivity index (χ1) is 10.2. The van der Waals surface area contributed by atoms with Gasteiger partial charge in [0.1, 0.15) is 0 Å². The number of rotatable bonds is 6. The largest absolute Gasteiger partial charge is 0.0835 e. The smallest absolute Gasteiger partial charge is 0.0441 e. The monoisotopic (exact) mass is 344 g/mol. The van der Waals surface area contributed by atoms with Gasteiger partial charge in [0.05, 0.1) is 0 Å². The van der Waals surface area contributed by atoms with Gasteiger partial charge in [0.25, 0.3) is 0 Å². The molecule has 2 aromatic carbocycles. The molecule has 1 unspecified atom stereocenters. The third-order valence-electron chi connectivity index (χ3n) is 4.15. The van der Waals surface area contributed by atoms with E-state index in [1.165, 1.54) is 27.8 Å². The van der Waals surface area contributed by atoms with Crippen molar-refractivity contribution in [1.82, 2.24) is 0 Å². The van der Waals surface area contributed by atoms with E-state index in [0.29, 0.717) is 4.83 Å². The van der Waals surface area contributed by atoms with Crippen LogP contribution in [-0.4, -0.2) is 0 Å². The molecule has 2 rings (SSSR count). The van der Waals surface area contributed by atoms with Crippen LogP contribution in [0.2, 0.25) is 0 Å². The van der Waals surface area contributed by atoms with Gasteiger partial charge < -0.3 is 0 Å². The van der Waals surface area contributed by atoms with Crippen molar-refractivity contribution >= 4 is 15.9 Å². The summed E-state index contributed by atoms with van der Waals surface area (Å²) in [6, 6.07) is 15.5. The van der Waals surface area contributed by atoms with E-state index in [2.05, 4.69) is 79.2 Å². The van der Waals surface area contributed by atoms with Crippen LogP contribution < -0.4 is 0 Å². The predicted molar refractivity (Wildman–Crippen MR) is 96.4 cm³/mol. The Kier molecular flexibility index (Phi) is 6.05. The molecule has 0 heterocycles. The summed E-state index contributed by atoms with van der Waals surface area (Å²) in [4.78, 5) is 0.399. The quantitative estimate of drug-likeness (QED) is 0.559. The van der Waals surface area contributed by atoms with Crippen LogP contribution in [0.5, 0.6) is 0 Å². The van der Waals surface area contributed by atoms with Crippen LogP contribution >= 0.6 is 15.9 Å². The van der Waals surface area contributed by atoms with Gasteiger partial charge in [-0.15, -0.1) is 0 Å². The Hall–Kier alpha value is -1.08. The SMILES string of the molecule is CCc1cc(CC)c(C(Br)Cc2ccccc2)c(CC)c1. The van der Waals surface area contributed by atoms with Gasteiger partial charge in [-0.25, -0.2) is 0 Å². The van der Waals surface area contributed by atoms with Crippen LogP contribution in [0.25, 0.3) is 0 Å². The molecule has 21 heavy (non-hydrogen) atoms. The molecule has 0 aliphatic rings. The average molecular weight is 345 g/mol. The van der Waals surface area contributed by atoms with Gasteiger partial charge in [-0.3, -0.25) is 0 Å². The third-order valence-corrected chi connectivity index (χ3v) is 4.93. The highest BCUT2D eigenvalue weighted by Crippen LogP contribution is 2.34. The second-order valence-electron chi connectivity index (χ2n) is 5.55. The molecule has 112 valence electrons. The van der Waals surface area contributed by atoms with E-state index < -0.39 is 0 Å². The van der Waals surface area contributed by atoms with E-state index in [4.69, 9.17) is 0 Å². The van der Waals surface area contributed by atoms with Crippen molar-refractivity contribution in [2.24, 2.45) is 0 Å². The lowest BCUT2D eigenvalue weighted by molar-refractivity contribution is 0.887. The normalized spacial score (nSPS) is 12.4. The van der Waals surface area contributed by atoms with Gasteiger partial charge in [-0.2, -0.15) is 0 Å². The van der Waals surface area contributed by atoms with Crippen molar-refractivity contribution < 1.29 is 0 Å². The Morgan fingerprint density at radius 1 is 0.810 bits per heavy atom. The summed E-state index contributed by atoms with van der Waals surface area (Å²) in [7, 11) is 0. The summed E-state index contributed by atoms with van der Waals surface area (Å²) in [5, 5.41) is 0. The molecule has 0 spiro atoms. The molecular formula is C20H25Br. The minimum Gasteiger partial charge on any atom is -0.0835 e. The maximum atomic E-state index is 3.95. The number of alkyl halides is 1. The predicted octanol–water partition coefficient (Wildman–Crippen LogP) is 6.05. The van der Waals surface area contributed by atoms with Crippen LogP contribution in [0.1, 0.15) is 53.4 Å². The minimum atomic E-state index is 0.399. The maximum Gasteiger partial charge on any atom is 0.0441 e. The third kappa shape index (κ3) is 3.97. The molecule has 0 amide bonds. The summed E-state index contributed by atoms with van der Waals surface area (Å²) >= 11 is 3.95. The molecular weight excluding hydrogens is 320 g/mol. The molecule has 0 aliphatic heterocycles. The first-order valence-electron chi connectivity index (χ1n) is 8.02. The fraction of sp³-hybridized carbons (Fsp3) is 0.400. The first kappa shape index (κ1) is 16.3. The highest BCUT2D eigenvalue weighted by Gasteiger charge is 2.17. The zero-order valence-corrected chi connectivity index (χ0v) is 14.9. The summed E-state index contributed by atoms with van der Waals surface area (Å²) in [5.74, 6) is 0. The van der Waals surface area contributed by atoms with Crippen LogP contribution in [-0.2, 0) is 25.7 Å². The van der Waals surface area contributed by atoms with Crippen LogP contribution in [0.4, 0.5) is 0 Å². The first-order valence-corrected chi connectivity index (χ1v) is 8.93. The molecule has 0 N–H and O–H groups in total. The number of benzene rings is 2. The summed E-state index contributed by atoms with van der Waals surface area (Å²) in [6.45, 7) is 6.77. The van der Waals surface area contributed by atoms with Crippen molar-refractivity contribution in [1.29, 1.82) is 0 Å². The highest BCUT2D eigenvalue weighted by atomic mass is 79.9. The van der Waals surface area contributed by atoms with E-state index in [1.807, 2.05) is 0 Å². The number of hydrogen-bond donors (Lipinski definition) is 0. The van der Waals surface area contributed by atoms with Crippen molar-refractivity contribution in [2.45, 2.75) is 51.3 Å². The second-order valence-corrected chi connectivity index (χ2v) is 6.65. The van der Waals surface area contributed by atoms with E-state index in [9.17, 15) is 0 Å². The van der Waals surface area contributed by atoms with E-state index in [1.54, 1.807) is 0 Å². The van der Waals surface area contributed by atoms with E-state index >= 15 is 0 Å². The zero-order valence-electron chi connectivity index (χ0n) is 13.3. The molecule has 0 nitrogen and oxygen atoms in total. The zero-order chi connectivity index (χ0) is 15.2. The molecule has 0 saturated carbocycles. The summed E-state index contributed by atoms with van der Waals surface area (Å²) in [5.41, 5.74) is 7.38. The van der Waals surface area contributed by atoms with Crippen molar-refractivity contribution in [3.63, 3.8) is 0 Å². The molecule has 2 aromatic rings. The number of aryl methyl sites for hydroxylation is 3. The van der Waals surface area contributed by atoms with Gasteiger partial charge in [0.15, 0.2) is 0 Å². The Bertz CT molecular complexity index is 547. The molecule has 0 fully saturated rings. The fourth-order valence-corrected chi connectivity index (χ4v) is 3.93. The lowest BCUT2D eigenvalue weighted by Crippen LogP contribution is -2.06. The fourth-order valence-electron chi connectivity index (χ4n) is 2.97. The van der Waals surface area contributed by atoms with Crippen molar-refractivity contribution in [2.75, 3.05) is 0 Å². The maximum absolute atomic E-state index is 3.95.